The molecule has 1 aliphatic rings. The fourth-order valence-electron chi connectivity index (χ4n) is 3.09. The first-order chi connectivity index (χ1) is 13.0. The standard InChI is InChI=1S/C20H14ClF2N3O/c21-16-10-14(23)7-8-17(16)25-19-18-15(2-1-9-24-18)20(27)26(19)11-12-3-5-13(22)6-4-12/h1-10,19,25H,11H2/t19-/m0/s1. The van der Waals surface area contributed by atoms with E-state index in [1.165, 1.54) is 30.3 Å². The second-order valence-corrected chi connectivity index (χ2v) is 6.57. The van der Waals surface area contributed by atoms with Gasteiger partial charge in [-0.05, 0) is 48.0 Å². The highest BCUT2D eigenvalue weighted by molar-refractivity contribution is 6.33. The molecule has 2 heterocycles. The Hall–Kier alpha value is -2.99. The fourth-order valence-corrected chi connectivity index (χ4v) is 3.31. The van der Waals surface area contributed by atoms with Gasteiger partial charge in [0.25, 0.3) is 5.91 Å². The van der Waals surface area contributed by atoms with Crippen LogP contribution < -0.4 is 5.32 Å². The van der Waals surface area contributed by atoms with Crippen LogP contribution in [-0.2, 0) is 6.54 Å². The SMILES string of the molecule is O=C1c2cccnc2[C@@H](Nc2ccc(F)cc2Cl)N1Cc1ccc(F)cc1. The van der Waals surface area contributed by atoms with Crippen LogP contribution in [0.15, 0.2) is 60.8 Å². The van der Waals surface area contributed by atoms with Gasteiger partial charge in [-0.2, -0.15) is 0 Å². The summed E-state index contributed by atoms with van der Waals surface area (Å²) < 4.78 is 26.5. The highest BCUT2D eigenvalue weighted by atomic mass is 35.5. The van der Waals surface area contributed by atoms with Crippen LogP contribution in [0.25, 0.3) is 0 Å². The van der Waals surface area contributed by atoms with Gasteiger partial charge >= 0.3 is 0 Å². The fraction of sp³-hybridized carbons (Fsp3) is 0.100. The van der Waals surface area contributed by atoms with E-state index >= 15 is 0 Å². The maximum Gasteiger partial charge on any atom is 0.258 e. The van der Waals surface area contributed by atoms with Crippen LogP contribution in [-0.4, -0.2) is 15.8 Å². The number of carbonyl (C=O) groups is 1. The lowest BCUT2D eigenvalue weighted by atomic mass is 10.2. The van der Waals surface area contributed by atoms with Gasteiger partial charge in [0.15, 0.2) is 0 Å². The zero-order valence-corrected chi connectivity index (χ0v) is 14.8. The number of halogens is 3. The Kier molecular flexibility index (Phi) is 4.49. The first kappa shape index (κ1) is 17.4. The van der Waals surface area contributed by atoms with Gasteiger partial charge in [0.1, 0.15) is 17.8 Å². The van der Waals surface area contributed by atoms with E-state index in [-0.39, 0.29) is 23.3 Å². The molecule has 1 amide bonds. The number of nitrogens with one attached hydrogen (secondary N) is 1. The van der Waals surface area contributed by atoms with E-state index in [0.717, 1.165) is 5.56 Å². The zero-order chi connectivity index (χ0) is 19.0. The molecule has 0 saturated heterocycles. The molecule has 7 heteroatoms. The van der Waals surface area contributed by atoms with Gasteiger partial charge in [-0.3, -0.25) is 9.78 Å². The van der Waals surface area contributed by atoms with Gasteiger partial charge < -0.3 is 10.2 Å². The summed E-state index contributed by atoms with van der Waals surface area (Å²) in [6.45, 7) is 0.256. The van der Waals surface area contributed by atoms with E-state index in [4.69, 9.17) is 11.6 Å². The lowest BCUT2D eigenvalue weighted by Gasteiger charge is -2.27. The van der Waals surface area contributed by atoms with Crippen molar-refractivity contribution in [3.63, 3.8) is 0 Å². The monoisotopic (exact) mass is 385 g/mol. The first-order valence-electron chi connectivity index (χ1n) is 8.25. The van der Waals surface area contributed by atoms with Crippen LogP contribution in [0.1, 0.15) is 27.8 Å². The van der Waals surface area contributed by atoms with E-state index in [2.05, 4.69) is 10.3 Å². The molecule has 1 N–H and O–H groups in total. The molecule has 0 unspecified atom stereocenters. The zero-order valence-electron chi connectivity index (χ0n) is 14.0. The minimum Gasteiger partial charge on any atom is -0.359 e. The minimum atomic E-state index is -0.582. The number of hydrogen-bond donors (Lipinski definition) is 1. The molecule has 1 aliphatic heterocycles. The van der Waals surface area contributed by atoms with Crippen molar-refractivity contribution in [2.75, 3.05) is 5.32 Å². The van der Waals surface area contributed by atoms with E-state index < -0.39 is 12.0 Å². The summed E-state index contributed by atoms with van der Waals surface area (Å²) in [7, 11) is 0. The molecule has 0 saturated carbocycles. The van der Waals surface area contributed by atoms with E-state index in [1.807, 2.05) is 0 Å². The third-order valence-corrected chi connectivity index (χ3v) is 4.70. The second-order valence-electron chi connectivity index (χ2n) is 6.17. The number of rotatable bonds is 4. The lowest BCUT2D eigenvalue weighted by Crippen LogP contribution is -2.32. The molecular formula is C20H14ClF2N3O. The quantitative estimate of drug-likeness (QED) is 0.703. The topological polar surface area (TPSA) is 45.2 Å². The number of anilines is 1. The van der Waals surface area contributed by atoms with E-state index in [1.54, 1.807) is 35.4 Å². The predicted molar refractivity (Wildman–Crippen MR) is 98.3 cm³/mol. The van der Waals surface area contributed by atoms with Crippen molar-refractivity contribution in [2.24, 2.45) is 0 Å². The van der Waals surface area contributed by atoms with E-state index in [9.17, 15) is 13.6 Å². The number of aromatic nitrogens is 1. The molecule has 2 aromatic carbocycles. The van der Waals surface area contributed by atoms with Crippen molar-refractivity contribution in [2.45, 2.75) is 12.7 Å². The maximum absolute atomic E-state index is 13.3. The lowest BCUT2D eigenvalue weighted by molar-refractivity contribution is 0.0727. The van der Waals surface area contributed by atoms with Gasteiger partial charge in [0.05, 0.1) is 22.0 Å². The number of fused-ring (bicyclic) bond motifs is 1. The highest BCUT2D eigenvalue weighted by Gasteiger charge is 2.38. The van der Waals surface area contributed by atoms with Crippen molar-refractivity contribution < 1.29 is 13.6 Å². The summed E-state index contributed by atoms with van der Waals surface area (Å²) in [5.74, 6) is -0.989. The second kappa shape index (κ2) is 6.96. The minimum absolute atomic E-state index is 0.196. The van der Waals surface area contributed by atoms with Gasteiger partial charge in [-0.15, -0.1) is 0 Å². The Morgan fingerprint density at radius 2 is 1.81 bits per heavy atom. The number of amides is 1. The summed E-state index contributed by atoms with van der Waals surface area (Å²) in [6, 6.07) is 13.3. The molecule has 0 fully saturated rings. The summed E-state index contributed by atoms with van der Waals surface area (Å²) in [4.78, 5) is 18.8. The maximum atomic E-state index is 13.3. The summed E-state index contributed by atoms with van der Waals surface area (Å²) in [6.07, 6.45) is 1.02. The van der Waals surface area contributed by atoms with Crippen LogP contribution >= 0.6 is 11.6 Å². The number of nitrogens with zero attached hydrogens (tertiary/aromatic N) is 2. The molecule has 1 atom stereocenters. The van der Waals surface area contributed by atoms with Gasteiger partial charge in [0.2, 0.25) is 0 Å². The van der Waals surface area contributed by atoms with Crippen LogP contribution in [0.4, 0.5) is 14.5 Å². The summed E-state index contributed by atoms with van der Waals surface area (Å²) in [5, 5.41) is 3.38. The molecule has 27 heavy (non-hydrogen) atoms. The van der Waals surface area contributed by atoms with Gasteiger partial charge in [0, 0.05) is 12.7 Å². The number of pyridine rings is 1. The Bertz CT molecular complexity index is 1010. The van der Waals surface area contributed by atoms with Crippen molar-refractivity contribution >= 4 is 23.2 Å². The Morgan fingerprint density at radius 1 is 1.07 bits per heavy atom. The van der Waals surface area contributed by atoms with Crippen LogP contribution in [0.3, 0.4) is 0 Å². The third-order valence-electron chi connectivity index (χ3n) is 4.39. The molecule has 1 aromatic heterocycles. The first-order valence-corrected chi connectivity index (χ1v) is 8.62. The predicted octanol–water partition coefficient (Wildman–Crippen LogP) is 4.78. The van der Waals surface area contributed by atoms with E-state index in [0.29, 0.717) is 16.9 Å². The Labute approximate surface area is 159 Å². The molecular weight excluding hydrogens is 372 g/mol. The molecule has 4 nitrogen and oxygen atoms in total. The molecule has 0 aliphatic carbocycles. The van der Waals surface area contributed by atoms with Crippen LogP contribution in [0.2, 0.25) is 5.02 Å². The van der Waals surface area contributed by atoms with Crippen molar-refractivity contribution in [1.82, 2.24) is 9.88 Å². The molecule has 4 rings (SSSR count). The molecule has 0 bridgehead atoms. The Morgan fingerprint density at radius 3 is 2.56 bits per heavy atom. The van der Waals surface area contributed by atoms with Crippen LogP contribution in [0.5, 0.6) is 0 Å². The highest BCUT2D eigenvalue weighted by Crippen LogP contribution is 2.36. The Balaban J connectivity index is 1.70. The summed E-state index contributed by atoms with van der Waals surface area (Å²) in [5.41, 5.74) is 2.30. The molecule has 0 spiro atoms. The van der Waals surface area contributed by atoms with Crippen molar-refractivity contribution in [1.29, 1.82) is 0 Å². The van der Waals surface area contributed by atoms with Crippen LogP contribution in [0, 0.1) is 11.6 Å². The van der Waals surface area contributed by atoms with Gasteiger partial charge in [-0.25, -0.2) is 8.78 Å². The number of hydrogen-bond acceptors (Lipinski definition) is 3. The number of benzene rings is 2. The molecule has 3 aromatic rings. The van der Waals surface area contributed by atoms with Crippen molar-refractivity contribution in [3.8, 4) is 0 Å². The van der Waals surface area contributed by atoms with Crippen molar-refractivity contribution in [3.05, 3.63) is 94.3 Å². The average Bonchev–Trinajstić information content (AvgIpc) is 2.92. The molecule has 0 radical (unpaired) electrons. The largest absolute Gasteiger partial charge is 0.359 e. The normalized spacial score (nSPS) is 15.7. The molecule has 136 valence electrons. The smallest absolute Gasteiger partial charge is 0.258 e. The third kappa shape index (κ3) is 3.36. The summed E-state index contributed by atoms with van der Waals surface area (Å²) >= 11 is 6.13. The van der Waals surface area contributed by atoms with Gasteiger partial charge in [-0.1, -0.05) is 23.7 Å². The number of carbonyl (C=O) groups excluding carboxylic acids is 1. The average molecular weight is 386 g/mol.